The summed E-state index contributed by atoms with van der Waals surface area (Å²) in [6.45, 7) is 15.4. The van der Waals surface area contributed by atoms with Crippen molar-refractivity contribution in [3.8, 4) is 11.5 Å². The zero-order valence-corrected chi connectivity index (χ0v) is 33.7. The van der Waals surface area contributed by atoms with E-state index in [0.29, 0.717) is 76.0 Å². The molecule has 4 heterocycles. The van der Waals surface area contributed by atoms with Gasteiger partial charge in [0, 0.05) is 78.9 Å². The molecule has 11 nitrogen and oxygen atoms in total. The molecule has 13 heteroatoms. The number of aliphatic hydroxyl groups excluding tert-OH is 2. The summed E-state index contributed by atoms with van der Waals surface area (Å²) in [5, 5.41) is 18.0. The number of Topliss-reactive ketones (excluding diaryl/α,β-unsaturated/α-hetero) is 1. The number of ether oxygens (including phenoxy) is 4. The Balaban J connectivity index is 0.000000459. The Morgan fingerprint density at radius 2 is 1.22 bits per heavy atom. The van der Waals surface area contributed by atoms with Crippen LogP contribution in [0.15, 0.2) is 48.5 Å². The Bertz CT molecular complexity index is 1470. The number of benzene rings is 2. The van der Waals surface area contributed by atoms with Gasteiger partial charge in [0.2, 0.25) is 0 Å². The number of rotatable bonds is 0. The van der Waals surface area contributed by atoms with E-state index >= 15 is 0 Å². The van der Waals surface area contributed by atoms with Crippen LogP contribution in [0.4, 0.5) is 9.59 Å². The van der Waals surface area contributed by atoms with Crippen molar-refractivity contribution < 1.29 is 74.5 Å². The van der Waals surface area contributed by atoms with Crippen molar-refractivity contribution in [2.24, 2.45) is 0 Å². The Kier molecular flexibility index (Phi) is 15.9. The minimum Gasteiger partial charge on any atom is -1.00 e. The molecule has 1 atom stereocenters. The molecule has 0 bridgehead atoms. The number of hydrogen-bond acceptors (Lipinski definition) is 9. The molecule has 4 aliphatic heterocycles. The Morgan fingerprint density at radius 3 is 1.71 bits per heavy atom. The molecule has 0 aromatic heterocycles. The molecule has 3 radical (unpaired) electrons. The normalized spacial score (nSPS) is 19.8. The maximum atomic E-state index is 12.4. The van der Waals surface area contributed by atoms with Crippen molar-refractivity contribution in [3.05, 3.63) is 59.7 Å². The van der Waals surface area contributed by atoms with E-state index in [1.807, 2.05) is 84.0 Å². The Hall–Kier alpha value is -2.77. The van der Waals surface area contributed by atoms with Gasteiger partial charge in [-0.05, 0) is 66.7 Å². The van der Waals surface area contributed by atoms with Crippen LogP contribution >= 0.6 is 0 Å². The largest absolute Gasteiger partial charge is 1.00 e. The van der Waals surface area contributed by atoms with E-state index in [4.69, 9.17) is 24.1 Å². The molecular weight excluding hydrogens is 662 g/mol. The van der Waals surface area contributed by atoms with E-state index in [0.717, 1.165) is 11.3 Å². The van der Waals surface area contributed by atoms with Crippen LogP contribution in [0.2, 0.25) is 0 Å². The molecule has 0 saturated carbocycles. The fourth-order valence-electron chi connectivity index (χ4n) is 6.46. The number of hydrogen-bond donors (Lipinski definition) is 2. The fourth-order valence-corrected chi connectivity index (χ4v) is 6.46. The third kappa shape index (κ3) is 12.1. The van der Waals surface area contributed by atoms with E-state index in [1.165, 1.54) is 0 Å². The molecule has 2 saturated heterocycles. The second-order valence-corrected chi connectivity index (χ2v) is 15.2. The zero-order chi connectivity index (χ0) is 36.0. The van der Waals surface area contributed by atoms with Gasteiger partial charge >= 0.3 is 41.7 Å². The smallest absolute Gasteiger partial charge is 1.00 e. The molecule has 2 spiro atoms. The first kappa shape index (κ1) is 44.4. The van der Waals surface area contributed by atoms with E-state index in [-0.39, 0.29) is 69.6 Å². The third-order valence-electron chi connectivity index (χ3n) is 8.82. The number of ketones is 1. The van der Waals surface area contributed by atoms with Gasteiger partial charge in [0.1, 0.15) is 33.9 Å². The summed E-state index contributed by atoms with van der Waals surface area (Å²) in [5.41, 5.74) is -0.332. The number of carbonyl (C=O) groups excluding carboxylic acids is 3. The first-order chi connectivity index (χ1) is 23.0. The molecule has 0 aliphatic carbocycles. The average Bonchev–Trinajstić information content (AvgIpc) is 3.01. The summed E-state index contributed by atoms with van der Waals surface area (Å²) in [5.74, 6) is 1.55. The predicted octanol–water partition coefficient (Wildman–Crippen LogP) is 3.43. The van der Waals surface area contributed by atoms with E-state index in [2.05, 4.69) is 0 Å². The first-order valence-corrected chi connectivity index (χ1v) is 17.3. The Morgan fingerprint density at radius 1 is 0.804 bits per heavy atom. The van der Waals surface area contributed by atoms with Gasteiger partial charge in [0.25, 0.3) is 0 Å². The maximum absolute atomic E-state index is 12.4. The summed E-state index contributed by atoms with van der Waals surface area (Å²) in [4.78, 5) is 40.1. The second kappa shape index (κ2) is 18.3. The molecule has 4 aliphatic rings. The summed E-state index contributed by atoms with van der Waals surface area (Å²) < 4.78 is 23.2. The van der Waals surface area contributed by atoms with Crippen LogP contribution in [0.1, 0.15) is 110 Å². The van der Waals surface area contributed by atoms with Gasteiger partial charge < -0.3 is 40.4 Å². The van der Waals surface area contributed by atoms with Crippen molar-refractivity contribution in [1.29, 1.82) is 0 Å². The van der Waals surface area contributed by atoms with Crippen molar-refractivity contribution in [3.63, 3.8) is 0 Å². The van der Waals surface area contributed by atoms with Gasteiger partial charge in [-0.2, -0.15) is 0 Å². The van der Waals surface area contributed by atoms with Gasteiger partial charge in [-0.25, -0.2) is 9.59 Å². The van der Waals surface area contributed by atoms with Crippen LogP contribution in [-0.2, 0) is 9.47 Å². The average molecular weight is 718 g/mol. The number of carbonyl (C=O) groups is 3. The maximum Gasteiger partial charge on any atom is 1.00 e. The molecule has 1 unspecified atom stereocenters. The molecule has 2 amide bonds. The minimum absolute atomic E-state index is 0. The molecular formula is C38H55BN2NaO9. The molecule has 2 fully saturated rings. The van der Waals surface area contributed by atoms with E-state index in [1.54, 1.807) is 22.8 Å². The standard InChI is InChI=1S/C18H25NO4.C18H23NO4.C2H6O.B.Na.H/c2*1-17(2,3)23-16(21)19-10-8-18(9-11-19)12-14(20)13-6-4-5-7-15(13)22-18;1-2-3;;;/h4-7,14,20H,8-12H2,1-3H3;4-7H,8-12H2,1-3H3;3H,2H2,1H3;;;/q;;;;+1;-1. The van der Waals surface area contributed by atoms with Crippen molar-refractivity contribution in [1.82, 2.24) is 9.80 Å². The third-order valence-corrected chi connectivity index (χ3v) is 8.82. The van der Waals surface area contributed by atoms with Crippen molar-refractivity contribution >= 4 is 26.4 Å². The van der Waals surface area contributed by atoms with Crippen molar-refractivity contribution in [2.45, 2.75) is 115 Å². The van der Waals surface area contributed by atoms with E-state index < -0.39 is 22.9 Å². The molecule has 6 rings (SSSR count). The van der Waals surface area contributed by atoms with Gasteiger partial charge in [0.05, 0.1) is 18.1 Å². The van der Waals surface area contributed by atoms with Crippen LogP contribution in [0.3, 0.4) is 0 Å². The predicted molar refractivity (Wildman–Crippen MR) is 192 cm³/mol. The minimum atomic E-state index is -0.506. The van der Waals surface area contributed by atoms with Gasteiger partial charge in [-0.15, -0.1) is 0 Å². The van der Waals surface area contributed by atoms with Crippen LogP contribution in [0.5, 0.6) is 11.5 Å². The quantitative estimate of drug-likeness (QED) is 0.394. The Labute approximate surface area is 328 Å². The molecule has 275 valence electrons. The van der Waals surface area contributed by atoms with Crippen LogP contribution < -0.4 is 39.0 Å². The summed E-state index contributed by atoms with van der Waals surface area (Å²) >= 11 is 0. The molecule has 2 N–H and O–H groups in total. The van der Waals surface area contributed by atoms with Crippen molar-refractivity contribution in [2.75, 3.05) is 32.8 Å². The SMILES string of the molecule is CC(C)(C)OC(=O)N1CCC2(CC1)CC(=O)c1ccccc1O2.CC(C)(C)OC(=O)N1CCC2(CC1)CC(O)c1ccccc1O2.CCO.[B].[H-].[Na+]. The van der Waals surface area contributed by atoms with Crippen LogP contribution in [0.25, 0.3) is 0 Å². The molecule has 51 heavy (non-hydrogen) atoms. The topological polar surface area (TPSA) is 135 Å². The monoisotopic (exact) mass is 717 g/mol. The summed E-state index contributed by atoms with van der Waals surface area (Å²) in [7, 11) is 0. The second-order valence-electron chi connectivity index (χ2n) is 15.2. The number of fused-ring (bicyclic) bond motifs is 2. The van der Waals surface area contributed by atoms with E-state index in [9.17, 15) is 19.5 Å². The van der Waals surface area contributed by atoms with Crippen LogP contribution in [-0.4, -0.2) is 102 Å². The number of amides is 2. The zero-order valence-electron chi connectivity index (χ0n) is 32.7. The first-order valence-electron chi connectivity index (χ1n) is 17.3. The number of likely N-dealkylation sites (tertiary alicyclic amines) is 2. The molecule has 2 aromatic rings. The van der Waals surface area contributed by atoms with Gasteiger partial charge in [0.15, 0.2) is 5.78 Å². The summed E-state index contributed by atoms with van der Waals surface area (Å²) in [6.07, 6.45) is 2.58. The number of nitrogens with zero attached hydrogens (tertiary/aromatic N) is 2. The molecule has 2 aromatic carbocycles. The van der Waals surface area contributed by atoms with Gasteiger partial charge in [-0.1, -0.05) is 30.3 Å². The number of para-hydroxylation sites is 2. The fraction of sp³-hybridized carbons (Fsp3) is 0.605. The van der Waals surface area contributed by atoms with Crippen LogP contribution in [0, 0.1) is 0 Å². The summed E-state index contributed by atoms with van der Waals surface area (Å²) in [6, 6.07) is 15.0. The number of piperidine rings is 2. The number of aliphatic hydroxyl groups is 2. The van der Waals surface area contributed by atoms with Gasteiger partial charge in [-0.3, -0.25) is 4.79 Å².